The van der Waals surface area contributed by atoms with Crippen molar-refractivity contribution in [3.05, 3.63) is 0 Å². The van der Waals surface area contributed by atoms with Crippen LogP contribution >= 0.6 is 0 Å². The van der Waals surface area contributed by atoms with Gasteiger partial charge in [-0.25, -0.2) is 0 Å². The van der Waals surface area contributed by atoms with Crippen LogP contribution in [-0.2, 0) is 4.74 Å². The van der Waals surface area contributed by atoms with E-state index in [-0.39, 0.29) is 6.10 Å². The summed E-state index contributed by atoms with van der Waals surface area (Å²) in [6, 6.07) is 0.584. The fourth-order valence-electron chi connectivity index (χ4n) is 2.75. The van der Waals surface area contributed by atoms with Crippen molar-refractivity contribution in [2.45, 2.75) is 51.7 Å². The van der Waals surface area contributed by atoms with Crippen molar-refractivity contribution in [1.82, 2.24) is 5.32 Å². The summed E-state index contributed by atoms with van der Waals surface area (Å²) >= 11 is 0. The summed E-state index contributed by atoms with van der Waals surface area (Å²) < 4.78 is 4.93. The van der Waals surface area contributed by atoms with Crippen LogP contribution in [0.15, 0.2) is 0 Å². The van der Waals surface area contributed by atoms with Gasteiger partial charge in [-0.2, -0.15) is 0 Å². The predicted octanol–water partition coefficient (Wildman–Crippen LogP) is 1.80. The fraction of sp³-hybridized carbons (Fsp3) is 1.00. The second-order valence-electron chi connectivity index (χ2n) is 5.32. The van der Waals surface area contributed by atoms with Crippen LogP contribution in [0.25, 0.3) is 0 Å². The summed E-state index contributed by atoms with van der Waals surface area (Å²) in [7, 11) is 1.63. The third kappa shape index (κ3) is 4.40. The number of hydrogen-bond acceptors (Lipinski definition) is 3. The van der Waals surface area contributed by atoms with Crippen molar-refractivity contribution in [3.8, 4) is 0 Å². The van der Waals surface area contributed by atoms with Crippen LogP contribution in [0.2, 0.25) is 0 Å². The Hall–Kier alpha value is -0.120. The van der Waals surface area contributed by atoms with E-state index in [0.29, 0.717) is 19.2 Å². The number of ether oxygens (including phenoxy) is 1. The predicted molar refractivity (Wildman–Crippen MR) is 66.5 cm³/mol. The summed E-state index contributed by atoms with van der Waals surface area (Å²) in [5.41, 5.74) is 0. The zero-order valence-corrected chi connectivity index (χ0v) is 10.9. The molecule has 0 saturated heterocycles. The van der Waals surface area contributed by atoms with E-state index in [1.165, 1.54) is 25.7 Å². The normalized spacial score (nSPS) is 28.3. The van der Waals surface area contributed by atoms with Crippen molar-refractivity contribution in [1.29, 1.82) is 0 Å². The van der Waals surface area contributed by atoms with E-state index in [9.17, 15) is 5.11 Å². The molecule has 0 aromatic rings. The lowest BCUT2D eigenvalue weighted by molar-refractivity contribution is 0.0579. The van der Waals surface area contributed by atoms with Gasteiger partial charge in [-0.05, 0) is 24.7 Å². The first-order valence-electron chi connectivity index (χ1n) is 6.55. The lowest BCUT2D eigenvalue weighted by atomic mass is 9.78. The third-order valence-corrected chi connectivity index (χ3v) is 3.65. The van der Waals surface area contributed by atoms with Crippen LogP contribution in [0.3, 0.4) is 0 Å². The fourth-order valence-corrected chi connectivity index (χ4v) is 2.75. The number of aliphatic hydroxyl groups excluding tert-OH is 1. The van der Waals surface area contributed by atoms with E-state index in [1.54, 1.807) is 7.11 Å². The number of rotatable bonds is 6. The second-order valence-corrected chi connectivity index (χ2v) is 5.32. The Morgan fingerprint density at radius 3 is 2.62 bits per heavy atom. The van der Waals surface area contributed by atoms with Crippen LogP contribution in [0.4, 0.5) is 0 Å². The van der Waals surface area contributed by atoms with Gasteiger partial charge in [0.2, 0.25) is 0 Å². The monoisotopic (exact) mass is 229 g/mol. The Bertz CT molecular complexity index is 185. The zero-order valence-electron chi connectivity index (χ0n) is 10.9. The number of nitrogens with one attached hydrogen (secondary N) is 1. The average Bonchev–Trinajstić information content (AvgIpc) is 2.27. The zero-order chi connectivity index (χ0) is 12.0. The molecule has 3 heteroatoms. The molecule has 0 radical (unpaired) electrons. The maximum atomic E-state index is 9.62. The largest absolute Gasteiger partial charge is 0.389 e. The molecule has 2 N–H and O–H groups in total. The lowest BCUT2D eigenvalue weighted by Crippen LogP contribution is -2.44. The first kappa shape index (κ1) is 13.9. The maximum absolute atomic E-state index is 9.62. The topological polar surface area (TPSA) is 41.5 Å². The Kier molecular flexibility index (Phi) is 6.32. The molecule has 0 heterocycles. The molecular weight excluding hydrogens is 202 g/mol. The molecule has 16 heavy (non-hydrogen) atoms. The van der Waals surface area contributed by atoms with Gasteiger partial charge in [0.1, 0.15) is 0 Å². The Morgan fingerprint density at radius 1 is 1.31 bits per heavy atom. The molecule has 3 nitrogen and oxygen atoms in total. The molecule has 0 aliphatic heterocycles. The third-order valence-electron chi connectivity index (χ3n) is 3.65. The van der Waals surface area contributed by atoms with E-state index in [0.717, 1.165) is 11.8 Å². The van der Waals surface area contributed by atoms with Crippen molar-refractivity contribution in [3.63, 3.8) is 0 Å². The lowest BCUT2D eigenvalue weighted by Gasteiger charge is -2.35. The first-order chi connectivity index (χ1) is 7.65. The van der Waals surface area contributed by atoms with Gasteiger partial charge in [-0.15, -0.1) is 0 Å². The van der Waals surface area contributed by atoms with Crippen LogP contribution in [0, 0.1) is 11.8 Å². The van der Waals surface area contributed by atoms with E-state index in [2.05, 4.69) is 19.2 Å². The molecule has 1 fully saturated rings. The van der Waals surface area contributed by atoms with Gasteiger partial charge >= 0.3 is 0 Å². The van der Waals surface area contributed by atoms with E-state index < -0.39 is 0 Å². The van der Waals surface area contributed by atoms with Gasteiger partial charge in [0.05, 0.1) is 12.7 Å². The van der Waals surface area contributed by atoms with Gasteiger partial charge in [0.15, 0.2) is 0 Å². The van der Waals surface area contributed by atoms with Crippen LogP contribution in [-0.4, -0.2) is 37.5 Å². The highest BCUT2D eigenvalue weighted by molar-refractivity contribution is 4.83. The second kappa shape index (κ2) is 7.25. The van der Waals surface area contributed by atoms with Crippen LogP contribution < -0.4 is 5.32 Å². The quantitative estimate of drug-likeness (QED) is 0.730. The van der Waals surface area contributed by atoms with E-state index in [4.69, 9.17) is 4.74 Å². The number of aliphatic hydroxyl groups is 1. The minimum atomic E-state index is -0.375. The molecule has 3 unspecified atom stereocenters. The highest BCUT2D eigenvalue weighted by Crippen LogP contribution is 2.30. The van der Waals surface area contributed by atoms with Gasteiger partial charge in [-0.1, -0.05) is 26.7 Å². The van der Waals surface area contributed by atoms with Crippen molar-refractivity contribution >= 4 is 0 Å². The molecule has 0 aromatic heterocycles. The molecule has 1 aliphatic rings. The van der Waals surface area contributed by atoms with Crippen LogP contribution in [0.5, 0.6) is 0 Å². The average molecular weight is 229 g/mol. The molecular formula is C13H27NO2. The van der Waals surface area contributed by atoms with Gasteiger partial charge in [0, 0.05) is 19.7 Å². The van der Waals surface area contributed by atoms with Gasteiger partial charge in [-0.3, -0.25) is 0 Å². The molecule has 1 rings (SSSR count). The Labute approximate surface area is 99.6 Å². The summed E-state index contributed by atoms with van der Waals surface area (Å²) in [5.74, 6) is 1.50. The van der Waals surface area contributed by atoms with Crippen molar-refractivity contribution < 1.29 is 9.84 Å². The maximum Gasteiger partial charge on any atom is 0.0897 e. The SMILES string of the molecule is COCC(O)CNC1CCCCC1C(C)C. The standard InChI is InChI=1S/C13H27NO2/c1-10(2)12-6-4-5-7-13(12)14-8-11(15)9-16-3/h10-15H,4-9H2,1-3H3. The molecule has 0 spiro atoms. The molecule has 1 saturated carbocycles. The molecule has 0 bridgehead atoms. The number of methoxy groups -OCH3 is 1. The van der Waals surface area contributed by atoms with E-state index in [1.807, 2.05) is 0 Å². The molecule has 3 atom stereocenters. The minimum Gasteiger partial charge on any atom is -0.389 e. The highest BCUT2D eigenvalue weighted by Gasteiger charge is 2.27. The van der Waals surface area contributed by atoms with Crippen LogP contribution in [0.1, 0.15) is 39.5 Å². The molecule has 0 aromatic carbocycles. The molecule has 0 amide bonds. The highest BCUT2D eigenvalue weighted by atomic mass is 16.5. The minimum absolute atomic E-state index is 0.375. The number of hydrogen-bond donors (Lipinski definition) is 2. The molecule has 96 valence electrons. The van der Waals surface area contributed by atoms with Gasteiger partial charge in [0.25, 0.3) is 0 Å². The summed E-state index contributed by atoms with van der Waals surface area (Å²) in [5, 5.41) is 13.1. The smallest absolute Gasteiger partial charge is 0.0897 e. The Balaban J connectivity index is 2.32. The van der Waals surface area contributed by atoms with Gasteiger partial charge < -0.3 is 15.2 Å². The molecule has 1 aliphatic carbocycles. The summed E-state index contributed by atoms with van der Waals surface area (Å²) in [6.07, 6.45) is 4.89. The first-order valence-corrected chi connectivity index (χ1v) is 6.55. The summed E-state index contributed by atoms with van der Waals surface area (Å²) in [6.45, 7) is 5.68. The van der Waals surface area contributed by atoms with Crippen molar-refractivity contribution in [2.75, 3.05) is 20.3 Å². The Morgan fingerprint density at radius 2 is 2.00 bits per heavy atom. The van der Waals surface area contributed by atoms with E-state index >= 15 is 0 Å². The summed E-state index contributed by atoms with van der Waals surface area (Å²) in [4.78, 5) is 0. The van der Waals surface area contributed by atoms with Crippen molar-refractivity contribution in [2.24, 2.45) is 11.8 Å².